The zero-order valence-electron chi connectivity index (χ0n) is 17.0. The average molecular weight is 414 g/mol. The summed E-state index contributed by atoms with van der Waals surface area (Å²) in [4.78, 5) is 17.1. The summed E-state index contributed by atoms with van der Waals surface area (Å²) in [5.41, 5.74) is 5.19. The SMILES string of the molecule is Cc1ccc(-c2cnnc(-n3nc(C)c4c3NC(=O)C[C@@H]4c3ccc(F)cc3)n2)cc1. The first kappa shape index (κ1) is 19.0. The molecular formula is C23H19FN6O. The summed E-state index contributed by atoms with van der Waals surface area (Å²) in [6.07, 6.45) is 1.85. The molecule has 0 spiro atoms. The summed E-state index contributed by atoms with van der Waals surface area (Å²) in [7, 11) is 0. The van der Waals surface area contributed by atoms with Crippen LogP contribution >= 0.6 is 0 Å². The number of carbonyl (C=O) groups excluding carboxylic acids is 1. The standard InChI is InChI=1S/C23H19FN6O/c1-13-3-5-16(6-4-13)19-12-25-28-23(26-19)30-22-21(14(2)29-30)18(11-20(31)27-22)15-7-9-17(24)10-8-15/h3-10,12,18H,11H2,1-2H3,(H,27,31)/t18-/m1/s1. The number of rotatable bonds is 3. The van der Waals surface area contributed by atoms with Crippen molar-refractivity contribution in [2.75, 3.05) is 5.32 Å². The number of hydrogen-bond acceptors (Lipinski definition) is 5. The number of carbonyl (C=O) groups is 1. The lowest BCUT2D eigenvalue weighted by molar-refractivity contribution is -0.116. The van der Waals surface area contributed by atoms with Crippen LogP contribution in [0.15, 0.2) is 54.7 Å². The molecule has 1 amide bonds. The number of fused-ring (bicyclic) bond motifs is 1. The molecule has 31 heavy (non-hydrogen) atoms. The number of halogens is 1. The zero-order chi connectivity index (χ0) is 21.5. The molecule has 7 nitrogen and oxygen atoms in total. The Balaban J connectivity index is 1.60. The molecule has 0 saturated carbocycles. The van der Waals surface area contributed by atoms with Gasteiger partial charge in [-0.1, -0.05) is 42.0 Å². The van der Waals surface area contributed by atoms with Crippen LogP contribution in [0.3, 0.4) is 0 Å². The number of amides is 1. The Hall–Kier alpha value is -3.94. The third-order valence-electron chi connectivity index (χ3n) is 5.46. The fraction of sp³-hybridized carbons (Fsp3) is 0.174. The van der Waals surface area contributed by atoms with Crippen LogP contribution in [-0.4, -0.2) is 30.9 Å². The van der Waals surface area contributed by atoms with E-state index in [0.29, 0.717) is 11.5 Å². The molecule has 2 aromatic carbocycles. The molecule has 2 aromatic heterocycles. The van der Waals surface area contributed by atoms with Crippen LogP contribution in [0, 0.1) is 19.7 Å². The number of anilines is 1. The first-order valence-corrected chi connectivity index (χ1v) is 9.91. The van der Waals surface area contributed by atoms with Crippen LogP contribution in [0.1, 0.15) is 34.7 Å². The van der Waals surface area contributed by atoms with E-state index < -0.39 is 0 Å². The number of benzene rings is 2. The van der Waals surface area contributed by atoms with E-state index in [2.05, 4.69) is 25.6 Å². The van der Waals surface area contributed by atoms with Gasteiger partial charge >= 0.3 is 0 Å². The van der Waals surface area contributed by atoms with Gasteiger partial charge in [-0.2, -0.15) is 14.9 Å². The molecule has 0 unspecified atom stereocenters. The molecule has 0 saturated heterocycles. The van der Waals surface area contributed by atoms with Crippen LogP contribution in [0.4, 0.5) is 10.2 Å². The normalized spacial score (nSPS) is 15.5. The van der Waals surface area contributed by atoms with E-state index in [-0.39, 0.29) is 30.0 Å². The molecule has 3 heterocycles. The van der Waals surface area contributed by atoms with Gasteiger partial charge < -0.3 is 5.32 Å². The maximum atomic E-state index is 13.4. The molecule has 1 atom stereocenters. The highest BCUT2D eigenvalue weighted by Gasteiger charge is 2.33. The molecule has 1 aliphatic heterocycles. The van der Waals surface area contributed by atoms with Gasteiger partial charge in [-0.3, -0.25) is 4.79 Å². The summed E-state index contributed by atoms with van der Waals surface area (Å²) in [5, 5.41) is 15.8. The van der Waals surface area contributed by atoms with Crippen molar-refractivity contribution in [3.63, 3.8) is 0 Å². The third-order valence-corrected chi connectivity index (χ3v) is 5.46. The lowest BCUT2D eigenvalue weighted by Crippen LogP contribution is -2.25. The predicted octanol–water partition coefficient (Wildman–Crippen LogP) is 3.95. The molecular weight excluding hydrogens is 395 g/mol. The minimum Gasteiger partial charge on any atom is -0.310 e. The monoisotopic (exact) mass is 414 g/mol. The van der Waals surface area contributed by atoms with E-state index in [4.69, 9.17) is 0 Å². The largest absolute Gasteiger partial charge is 0.310 e. The Morgan fingerprint density at radius 1 is 1.06 bits per heavy atom. The number of aromatic nitrogens is 5. The maximum Gasteiger partial charge on any atom is 0.272 e. The van der Waals surface area contributed by atoms with Crippen LogP contribution in [0.25, 0.3) is 17.2 Å². The molecule has 0 radical (unpaired) electrons. The fourth-order valence-electron chi connectivity index (χ4n) is 3.92. The minimum atomic E-state index is -0.316. The van der Waals surface area contributed by atoms with E-state index in [1.165, 1.54) is 16.8 Å². The maximum absolute atomic E-state index is 13.4. The van der Waals surface area contributed by atoms with Crippen molar-refractivity contribution in [1.29, 1.82) is 0 Å². The number of hydrogen-bond donors (Lipinski definition) is 1. The van der Waals surface area contributed by atoms with Crippen molar-refractivity contribution in [3.05, 3.63) is 82.9 Å². The summed E-state index contributed by atoms with van der Waals surface area (Å²) >= 11 is 0. The molecule has 0 bridgehead atoms. The van der Waals surface area contributed by atoms with Gasteiger partial charge in [0.1, 0.15) is 11.6 Å². The molecule has 5 rings (SSSR count). The second-order valence-corrected chi connectivity index (χ2v) is 7.62. The molecule has 0 aliphatic carbocycles. The smallest absolute Gasteiger partial charge is 0.272 e. The highest BCUT2D eigenvalue weighted by atomic mass is 19.1. The lowest BCUT2D eigenvalue weighted by Gasteiger charge is -2.24. The zero-order valence-corrected chi connectivity index (χ0v) is 17.0. The van der Waals surface area contributed by atoms with Gasteiger partial charge in [0, 0.05) is 23.5 Å². The Morgan fingerprint density at radius 2 is 1.81 bits per heavy atom. The van der Waals surface area contributed by atoms with E-state index in [0.717, 1.165) is 27.9 Å². The first-order valence-electron chi connectivity index (χ1n) is 9.91. The molecule has 4 aromatic rings. The number of aryl methyl sites for hydroxylation is 2. The van der Waals surface area contributed by atoms with Crippen molar-refractivity contribution >= 4 is 11.7 Å². The Kier molecular flexibility index (Phi) is 4.54. The van der Waals surface area contributed by atoms with Gasteiger partial charge in [0.15, 0.2) is 0 Å². The van der Waals surface area contributed by atoms with Gasteiger partial charge in [-0.15, -0.1) is 5.10 Å². The van der Waals surface area contributed by atoms with Crippen LogP contribution < -0.4 is 5.32 Å². The van der Waals surface area contributed by atoms with Gasteiger partial charge in [-0.25, -0.2) is 9.37 Å². The lowest BCUT2D eigenvalue weighted by atomic mass is 9.86. The summed E-state index contributed by atoms with van der Waals surface area (Å²) in [6.45, 7) is 3.90. The summed E-state index contributed by atoms with van der Waals surface area (Å²) < 4.78 is 14.9. The van der Waals surface area contributed by atoms with E-state index in [1.807, 2.05) is 38.1 Å². The predicted molar refractivity (Wildman–Crippen MR) is 113 cm³/mol. The molecule has 8 heteroatoms. The van der Waals surface area contributed by atoms with Gasteiger partial charge in [0.25, 0.3) is 5.95 Å². The average Bonchev–Trinajstić information content (AvgIpc) is 3.10. The molecule has 1 aliphatic rings. The molecule has 1 N–H and O–H groups in total. The first-order chi connectivity index (χ1) is 15.0. The second-order valence-electron chi connectivity index (χ2n) is 7.62. The Morgan fingerprint density at radius 3 is 2.55 bits per heavy atom. The van der Waals surface area contributed by atoms with Crippen molar-refractivity contribution in [1.82, 2.24) is 25.0 Å². The van der Waals surface area contributed by atoms with Gasteiger partial charge in [0.2, 0.25) is 5.91 Å². The molecule has 154 valence electrons. The van der Waals surface area contributed by atoms with E-state index in [9.17, 15) is 9.18 Å². The van der Waals surface area contributed by atoms with Crippen molar-refractivity contribution < 1.29 is 9.18 Å². The second kappa shape index (κ2) is 7.39. The van der Waals surface area contributed by atoms with Crippen molar-refractivity contribution in [3.8, 4) is 17.2 Å². The van der Waals surface area contributed by atoms with Gasteiger partial charge in [0.05, 0.1) is 17.6 Å². The number of nitrogens with one attached hydrogen (secondary N) is 1. The molecule has 0 fully saturated rings. The van der Waals surface area contributed by atoms with Crippen molar-refractivity contribution in [2.45, 2.75) is 26.2 Å². The Bertz CT molecular complexity index is 1280. The van der Waals surface area contributed by atoms with Crippen LogP contribution in [0.2, 0.25) is 0 Å². The minimum absolute atomic E-state index is 0.148. The number of nitrogens with zero attached hydrogens (tertiary/aromatic N) is 5. The van der Waals surface area contributed by atoms with Crippen LogP contribution in [-0.2, 0) is 4.79 Å². The quantitative estimate of drug-likeness (QED) is 0.549. The summed E-state index contributed by atoms with van der Waals surface area (Å²) in [5.74, 6) is 0.0921. The topological polar surface area (TPSA) is 85.6 Å². The van der Waals surface area contributed by atoms with Crippen molar-refractivity contribution in [2.24, 2.45) is 0 Å². The van der Waals surface area contributed by atoms with E-state index in [1.54, 1.807) is 18.3 Å². The fourth-order valence-corrected chi connectivity index (χ4v) is 3.92. The Labute approximate surface area is 178 Å². The van der Waals surface area contributed by atoms with Crippen LogP contribution in [0.5, 0.6) is 0 Å². The van der Waals surface area contributed by atoms with E-state index >= 15 is 0 Å². The highest BCUT2D eigenvalue weighted by molar-refractivity contribution is 5.95. The summed E-state index contributed by atoms with van der Waals surface area (Å²) in [6, 6.07) is 14.2. The van der Waals surface area contributed by atoms with Gasteiger partial charge in [-0.05, 0) is 31.5 Å². The highest BCUT2D eigenvalue weighted by Crippen LogP contribution is 2.39. The third kappa shape index (κ3) is 3.46.